The van der Waals surface area contributed by atoms with Crippen LogP contribution in [0.25, 0.3) is 0 Å². The zero-order valence-corrected chi connectivity index (χ0v) is 10.0. The molecule has 0 radical (unpaired) electrons. The molecule has 0 aromatic heterocycles. The van der Waals surface area contributed by atoms with E-state index in [0.29, 0.717) is 15.6 Å². The van der Waals surface area contributed by atoms with Gasteiger partial charge >= 0.3 is 6.18 Å². The summed E-state index contributed by atoms with van der Waals surface area (Å²) in [5.74, 6) is -0.145. The maximum Gasteiger partial charge on any atom is 0.416 e. The molecule has 1 aromatic carbocycles. The fourth-order valence-electron chi connectivity index (χ4n) is 1.11. The van der Waals surface area contributed by atoms with E-state index in [1.807, 2.05) is 0 Å². The minimum atomic E-state index is -4.35. The molecule has 0 aliphatic carbocycles. The second kappa shape index (κ2) is 4.51. The molecule has 0 aliphatic heterocycles. The van der Waals surface area contributed by atoms with Crippen LogP contribution < -0.4 is 0 Å². The lowest BCUT2D eigenvalue weighted by Gasteiger charge is -2.08. The number of hydrogen-bond acceptors (Lipinski definition) is 1. The number of carbonyl (C=O) groups excluding carboxylic acids is 1. The van der Waals surface area contributed by atoms with Crippen LogP contribution in [-0.2, 0) is 6.18 Å². The topological polar surface area (TPSA) is 17.1 Å². The van der Waals surface area contributed by atoms with E-state index < -0.39 is 11.7 Å². The Balaban J connectivity index is 3.15. The second-order valence-electron chi connectivity index (χ2n) is 2.97. The molecule has 0 aliphatic rings. The van der Waals surface area contributed by atoms with Crippen molar-refractivity contribution >= 4 is 28.4 Å². The maximum absolute atomic E-state index is 12.3. The van der Waals surface area contributed by atoms with Crippen LogP contribution in [0.5, 0.6) is 0 Å². The van der Waals surface area contributed by atoms with E-state index in [-0.39, 0.29) is 5.78 Å². The first-order valence-electron chi connectivity index (χ1n) is 4.26. The van der Waals surface area contributed by atoms with Crippen molar-refractivity contribution in [1.29, 1.82) is 0 Å². The molecule has 0 fully saturated rings. The van der Waals surface area contributed by atoms with Gasteiger partial charge in [-0.05, 0) is 40.8 Å². The zero-order chi connectivity index (χ0) is 11.6. The SMILES string of the molecule is CCC(=O)c1ccc(C(F)(F)F)cc1I. The quantitative estimate of drug-likeness (QED) is 0.594. The molecule has 0 unspecified atom stereocenters. The van der Waals surface area contributed by atoms with Crippen LogP contribution >= 0.6 is 22.6 Å². The molecule has 5 heteroatoms. The lowest BCUT2D eigenvalue weighted by Crippen LogP contribution is -2.07. The number of rotatable bonds is 2. The van der Waals surface area contributed by atoms with Crippen LogP contribution in [0.15, 0.2) is 18.2 Å². The van der Waals surface area contributed by atoms with Crippen molar-refractivity contribution in [2.24, 2.45) is 0 Å². The number of ketones is 1. The van der Waals surface area contributed by atoms with Gasteiger partial charge in [0.2, 0.25) is 0 Å². The van der Waals surface area contributed by atoms with Gasteiger partial charge in [0.15, 0.2) is 5.78 Å². The first kappa shape index (κ1) is 12.5. The first-order chi connectivity index (χ1) is 6.86. The van der Waals surface area contributed by atoms with Crippen molar-refractivity contribution < 1.29 is 18.0 Å². The van der Waals surface area contributed by atoms with Gasteiger partial charge < -0.3 is 0 Å². The summed E-state index contributed by atoms with van der Waals surface area (Å²) in [6.45, 7) is 1.68. The van der Waals surface area contributed by atoms with Gasteiger partial charge in [-0.25, -0.2) is 0 Å². The minimum absolute atomic E-state index is 0.145. The molecule has 0 bridgehead atoms. The number of alkyl halides is 3. The summed E-state index contributed by atoms with van der Waals surface area (Å²) >= 11 is 1.74. The normalized spacial score (nSPS) is 11.5. The molecule has 82 valence electrons. The third-order valence-electron chi connectivity index (χ3n) is 1.92. The molecule has 1 nitrogen and oxygen atoms in total. The number of benzene rings is 1. The molecule has 0 saturated heterocycles. The lowest BCUT2D eigenvalue weighted by atomic mass is 10.1. The first-order valence-corrected chi connectivity index (χ1v) is 5.34. The summed E-state index contributed by atoms with van der Waals surface area (Å²) in [4.78, 5) is 11.3. The van der Waals surface area contributed by atoms with E-state index in [1.54, 1.807) is 29.5 Å². The van der Waals surface area contributed by atoms with Crippen LogP contribution in [0.1, 0.15) is 29.3 Å². The summed E-state index contributed by atoms with van der Waals surface area (Å²) in [6.07, 6.45) is -4.06. The third kappa shape index (κ3) is 2.93. The number of hydrogen-bond donors (Lipinski definition) is 0. The zero-order valence-electron chi connectivity index (χ0n) is 7.86. The van der Waals surface area contributed by atoms with Gasteiger partial charge in [-0.2, -0.15) is 13.2 Å². The van der Waals surface area contributed by atoms with Crippen molar-refractivity contribution in [3.63, 3.8) is 0 Å². The van der Waals surface area contributed by atoms with Crippen LogP contribution in [0.4, 0.5) is 13.2 Å². The molecular weight excluding hydrogens is 320 g/mol. The van der Waals surface area contributed by atoms with E-state index >= 15 is 0 Å². The summed E-state index contributed by atoms with van der Waals surface area (Å²) in [7, 11) is 0. The van der Waals surface area contributed by atoms with Gasteiger partial charge in [-0.3, -0.25) is 4.79 Å². The number of Topliss-reactive ketones (excluding diaryl/α,β-unsaturated/α-hetero) is 1. The molecule has 0 N–H and O–H groups in total. The molecule has 0 atom stereocenters. The Kier molecular flexibility index (Phi) is 3.75. The Morgan fingerprint density at radius 1 is 1.40 bits per heavy atom. The monoisotopic (exact) mass is 328 g/mol. The summed E-state index contributed by atoms with van der Waals surface area (Å²) in [6, 6.07) is 3.16. The Labute approximate surface area is 98.8 Å². The lowest BCUT2D eigenvalue weighted by molar-refractivity contribution is -0.137. The van der Waals surface area contributed by atoms with Gasteiger partial charge in [-0.1, -0.05) is 6.92 Å². The largest absolute Gasteiger partial charge is 0.416 e. The van der Waals surface area contributed by atoms with Gasteiger partial charge in [0.05, 0.1) is 5.56 Å². The predicted molar refractivity (Wildman–Crippen MR) is 58.8 cm³/mol. The minimum Gasteiger partial charge on any atom is -0.294 e. The van der Waals surface area contributed by atoms with E-state index in [1.165, 1.54) is 6.07 Å². The average Bonchev–Trinajstić information content (AvgIpc) is 2.15. The maximum atomic E-state index is 12.3. The van der Waals surface area contributed by atoms with Crippen LogP contribution in [0, 0.1) is 3.57 Å². The fourth-order valence-corrected chi connectivity index (χ4v) is 1.92. The van der Waals surface area contributed by atoms with Crippen molar-refractivity contribution in [3.8, 4) is 0 Å². The molecule has 0 spiro atoms. The Morgan fingerprint density at radius 2 is 2.00 bits per heavy atom. The Morgan fingerprint density at radius 3 is 2.40 bits per heavy atom. The molecule has 1 rings (SSSR count). The summed E-state index contributed by atoms with van der Waals surface area (Å²) in [5, 5.41) is 0. The third-order valence-corrected chi connectivity index (χ3v) is 2.81. The van der Waals surface area contributed by atoms with Crippen LogP contribution in [-0.4, -0.2) is 5.78 Å². The summed E-state index contributed by atoms with van der Waals surface area (Å²) in [5.41, 5.74) is -0.370. The molecular formula is C10H8F3IO. The highest BCUT2D eigenvalue weighted by atomic mass is 127. The van der Waals surface area contributed by atoms with Crippen molar-refractivity contribution in [2.75, 3.05) is 0 Å². The fraction of sp³-hybridized carbons (Fsp3) is 0.300. The molecule has 0 amide bonds. The van der Waals surface area contributed by atoms with Gasteiger partial charge in [0.1, 0.15) is 0 Å². The molecule has 1 aromatic rings. The van der Waals surface area contributed by atoms with E-state index in [4.69, 9.17) is 0 Å². The van der Waals surface area contributed by atoms with Gasteiger partial charge in [0.25, 0.3) is 0 Å². The summed E-state index contributed by atoms with van der Waals surface area (Å²) < 4.78 is 37.2. The highest BCUT2D eigenvalue weighted by Crippen LogP contribution is 2.31. The van der Waals surface area contributed by atoms with Gasteiger partial charge in [-0.15, -0.1) is 0 Å². The van der Waals surface area contributed by atoms with Crippen molar-refractivity contribution in [2.45, 2.75) is 19.5 Å². The van der Waals surface area contributed by atoms with E-state index in [2.05, 4.69) is 0 Å². The number of carbonyl (C=O) groups is 1. The predicted octanol–water partition coefficient (Wildman–Crippen LogP) is 3.90. The van der Waals surface area contributed by atoms with Crippen LogP contribution in [0.3, 0.4) is 0 Å². The van der Waals surface area contributed by atoms with Crippen LogP contribution in [0.2, 0.25) is 0 Å². The van der Waals surface area contributed by atoms with Crippen molar-refractivity contribution in [3.05, 3.63) is 32.9 Å². The molecule has 0 heterocycles. The van der Waals surface area contributed by atoms with Gasteiger partial charge in [0, 0.05) is 15.6 Å². The standard InChI is InChI=1S/C10H8F3IO/c1-2-9(15)7-4-3-6(5-8(7)14)10(11,12)13/h3-5H,2H2,1H3. The average molecular weight is 328 g/mol. The highest BCUT2D eigenvalue weighted by Gasteiger charge is 2.31. The Hall–Kier alpha value is -0.590. The highest BCUT2D eigenvalue weighted by molar-refractivity contribution is 14.1. The second-order valence-corrected chi connectivity index (χ2v) is 4.13. The van der Waals surface area contributed by atoms with E-state index in [9.17, 15) is 18.0 Å². The van der Waals surface area contributed by atoms with E-state index in [0.717, 1.165) is 12.1 Å². The Bertz CT molecular complexity index is 385. The molecule has 15 heavy (non-hydrogen) atoms. The number of halogens is 4. The molecule has 0 saturated carbocycles. The smallest absolute Gasteiger partial charge is 0.294 e. The van der Waals surface area contributed by atoms with Crippen molar-refractivity contribution in [1.82, 2.24) is 0 Å².